The Hall–Kier alpha value is -0.610. The van der Waals surface area contributed by atoms with Crippen molar-refractivity contribution in [3.63, 3.8) is 0 Å². The first kappa shape index (κ1) is 11.9. The highest BCUT2D eigenvalue weighted by molar-refractivity contribution is 5.79. The van der Waals surface area contributed by atoms with Crippen molar-refractivity contribution in [2.75, 3.05) is 0 Å². The maximum atomic E-state index is 12.0. The molecule has 2 aliphatic carbocycles. The Morgan fingerprint density at radius 2 is 1.81 bits per heavy atom. The fourth-order valence-electron chi connectivity index (χ4n) is 2.89. The number of amides is 1. The van der Waals surface area contributed by atoms with Crippen LogP contribution in [0.3, 0.4) is 0 Å². The van der Waals surface area contributed by atoms with Crippen molar-refractivity contribution in [2.45, 2.75) is 63.1 Å². The summed E-state index contributed by atoms with van der Waals surface area (Å²) in [5, 5.41) is 3.11. The van der Waals surface area contributed by atoms with E-state index in [-0.39, 0.29) is 30.0 Å². The third-order valence-electron chi connectivity index (χ3n) is 3.99. The van der Waals surface area contributed by atoms with Gasteiger partial charge in [-0.2, -0.15) is 0 Å². The Morgan fingerprint density at radius 3 is 2.44 bits per heavy atom. The normalized spacial score (nSPS) is 39.6. The van der Waals surface area contributed by atoms with Crippen LogP contribution in [0.5, 0.6) is 0 Å². The lowest BCUT2D eigenvalue weighted by atomic mass is 9.90. The molecule has 0 radical (unpaired) electrons. The van der Waals surface area contributed by atoms with Crippen LogP contribution >= 0.6 is 0 Å². The molecule has 0 aromatic carbocycles. The van der Waals surface area contributed by atoms with Crippen LogP contribution in [0.15, 0.2) is 0 Å². The van der Waals surface area contributed by atoms with Gasteiger partial charge in [-0.15, -0.1) is 0 Å². The summed E-state index contributed by atoms with van der Waals surface area (Å²) in [4.78, 5) is 12.0. The van der Waals surface area contributed by atoms with Crippen molar-refractivity contribution in [3.05, 3.63) is 0 Å². The van der Waals surface area contributed by atoms with Crippen LogP contribution in [0.1, 0.15) is 44.9 Å². The summed E-state index contributed by atoms with van der Waals surface area (Å²) in [7, 11) is 0. The first-order valence-corrected chi connectivity index (χ1v) is 6.48. The number of hydrogen-bond acceptors (Lipinski definition) is 3. The molecule has 0 aromatic heterocycles. The number of carbonyl (C=O) groups excluding carboxylic acids is 1. The fourth-order valence-corrected chi connectivity index (χ4v) is 2.89. The van der Waals surface area contributed by atoms with E-state index >= 15 is 0 Å². The molecular weight excluding hydrogens is 202 g/mol. The smallest absolute Gasteiger partial charge is 0.223 e. The van der Waals surface area contributed by atoms with Crippen LogP contribution < -0.4 is 16.8 Å². The molecular formula is C12H23N3O. The summed E-state index contributed by atoms with van der Waals surface area (Å²) in [5.74, 6) is 0.305. The number of hydrogen-bond donors (Lipinski definition) is 3. The summed E-state index contributed by atoms with van der Waals surface area (Å²) < 4.78 is 0. The monoisotopic (exact) mass is 225 g/mol. The van der Waals surface area contributed by atoms with Crippen LogP contribution in [-0.2, 0) is 4.79 Å². The summed E-state index contributed by atoms with van der Waals surface area (Å²) in [5.41, 5.74) is 11.8. The van der Waals surface area contributed by atoms with Crippen LogP contribution in [0.2, 0.25) is 0 Å². The Labute approximate surface area is 97.1 Å². The molecule has 2 aliphatic rings. The molecule has 0 bridgehead atoms. The molecule has 0 saturated heterocycles. The first-order valence-electron chi connectivity index (χ1n) is 6.48. The van der Waals surface area contributed by atoms with E-state index in [1.807, 2.05) is 0 Å². The van der Waals surface area contributed by atoms with E-state index in [2.05, 4.69) is 5.32 Å². The van der Waals surface area contributed by atoms with Gasteiger partial charge in [-0.25, -0.2) is 0 Å². The summed E-state index contributed by atoms with van der Waals surface area (Å²) >= 11 is 0. The molecule has 2 fully saturated rings. The second kappa shape index (κ2) is 5.15. The zero-order valence-electron chi connectivity index (χ0n) is 9.82. The molecule has 0 spiro atoms. The van der Waals surface area contributed by atoms with Crippen LogP contribution in [0.4, 0.5) is 0 Å². The minimum Gasteiger partial charge on any atom is -0.352 e. The van der Waals surface area contributed by atoms with Crippen molar-refractivity contribution in [3.8, 4) is 0 Å². The maximum Gasteiger partial charge on any atom is 0.223 e. The average Bonchev–Trinajstić information content (AvgIpc) is 2.68. The molecule has 4 heteroatoms. The second-order valence-corrected chi connectivity index (χ2v) is 5.33. The van der Waals surface area contributed by atoms with Crippen molar-refractivity contribution in [1.82, 2.24) is 5.32 Å². The standard InChI is InChI=1S/C12H23N3O/c13-9-6-5-8(7-9)12(16)15-11-4-2-1-3-10(11)14/h8-11H,1-7,13-14H2,(H,15,16)/t8?,9?,10-,11-/m0/s1. The van der Waals surface area contributed by atoms with E-state index in [9.17, 15) is 4.79 Å². The molecule has 2 saturated carbocycles. The van der Waals surface area contributed by atoms with Gasteiger partial charge in [0.05, 0.1) is 0 Å². The molecule has 4 nitrogen and oxygen atoms in total. The van der Waals surface area contributed by atoms with Crippen molar-refractivity contribution in [2.24, 2.45) is 17.4 Å². The van der Waals surface area contributed by atoms with Gasteiger partial charge in [-0.05, 0) is 32.1 Å². The minimum absolute atomic E-state index is 0.129. The fraction of sp³-hybridized carbons (Fsp3) is 0.917. The zero-order valence-corrected chi connectivity index (χ0v) is 9.82. The third kappa shape index (κ3) is 2.74. The van der Waals surface area contributed by atoms with Crippen molar-refractivity contribution in [1.29, 1.82) is 0 Å². The lowest BCUT2D eigenvalue weighted by molar-refractivity contribution is -0.125. The van der Waals surface area contributed by atoms with E-state index in [1.165, 1.54) is 12.8 Å². The number of carbonyl (C=O) groups is 1. The molecule has 5 N–H and O–H groups in total. The third-order valence-corrected chi connectivity index (χ3v) is 3.99. The summed E-state index contributed by atoms with van der Waals surface area (Å²) in [6.07, 6.45) is 7.21. The van der Waals surface area contributed by atoms with Gasteiger partial charge in [-0.3, -0.25) is 4.79 Å². The van der Waals surface area contributed by atoms with Gasteiger partial charge in [0.1, 0.15) is 0 Å². The minimum atomic E-state index is 0.129. The van der Waals surface area contributed by atoms with E-state index in [1.54, 1.807) is 0 Å². The topological polar surface area (TPSA) is 81.1 Å². The van der Waals surface area contributed by atoms with E-state index in [0.717, 1.165) is 32.1 Å². The Balaban J connectivity index is 1.82. The number of nitrogens with two attached hydrogens (primary N) is 2. The van der Waals surface area contributed by atoms with Crippen molar-refractivity contribution < 1.29 is 4.79 Å². The average molecular weight is 225 g/mol. The largest absolute Gasteiger partial charge is 0.352 e. The molecule has 4 atom stereocenters. The Morgan fingerprint density at radius 1 is 1.06 bits per heavy atom. The molecule has 16 heavy (non-hydrogen) atoms. The highest BCUT2D eigenvalue weighted by atomic mass is 16.2. The van der Waals surface area contributed by atoms with Gasteiger partial charge in [0, 0.05) is 24.0 Å². The Kier molecular flexibility index (Phi) is 3.82. The number of nitrogens with one attached hydrogen (secondary N) is 1. The summed E-state index contributed by atoms with van der Waals surface area (Å²) in [6, 6.07) is 0.557. The molecule has 0 heterocycles. The van der Waals surface area contributed by atoms with Gasteiger partial charge in [0.2, 0.25) is 5.91 Å². The van der Waals surface area contributed by atoms with Crippen molar-refractivity contribution >= 4 is 5.91 Å². The molecule has 2 unspecified atom stereocenters. The van der Waals surface area contributed by atoms with E-state index < -0.39 is 0 Å². The lowest BCUT2D eigenvalue weighted by Gasteiger charge is -2.30. The highest BCUT2D eigenvalue weighted by Gasteiger charge is 2.30. The SMILES string of the molecule is NC1CCC(C(=O)N[C@H]2CCCC[C@@H]2N)C1. The van der Waals surface area contributed by atoms with E-state index in [4.69, 9.17) is 11.5 Å². The van der Waals surface area contributed by atoms with Crippen LogP contribution in [0, 0.1) is 5.92 Å². The zero-order chi connectivity index (χ0) is 11.5. The molecule has 2 rings (SSSR count). The maximum absolute atomic E-state index is 12.0. The lowest BCUT2D eigenvalue weighted by Crippen LogP contribution is -2.50. The molecule has 0 aliphatic heterocycles. The molecule has 92 valence electrons. The predicted octanol–water partition coefficient (Wildman–Crippen LogP) is 0.500. The van der Waals surface area contributed by atoms with Gasteiger partial charge < -0.3 is 16.8 Å². The highest BCUT2D eigenvalue weighted by Crippen LogP contribution is 2.25. The number of rotatable bonds is 2. The van der Waals surface area contributed by atoms with Crippen LogP contribution in [-0.4, -0.2) is 24.0 Å². The Bertz CT molecular complexity index is 257. The molecule has 0 aromatic rings. The van der Waals surface area contributed by atoms with Crippen LogP contribution in [0.25, 0.3) is 0 Å². The van der Waals surface area contributed by atoms with Gasteiger partial charge in [0.25, 0.3) is 0 Å². The van der Waals surface area contributed by atoms with E-state index in [0.29, 0.717) is 0 Å². The predicted molar refractivity (Wildman–Crippen MR) is 63.7 cm³/mol. The summed E-state index contributed by atoms with van der Waals surface area (Å²) in [6.45, 7) is 0. The van der Waals surface area contributed by atoms with Gasteiger partial charge in [0.15, 0.2) is 0 Å². The van der Waals surface area contributed by atoms with Gasteiger partial charge in [-0.1, -0.05) is 12.8 Å². The first-order chi connectivity index (χ1) is 7.66. The van der Waals surface area contributed by atoms with Gasteiger partial charge >= 0.3 is 0 Å². The quantitative estimate of drug-likeness (QED) is 0.640. The second-order valence-electron chi connectivity index (χ2n) is 5.33. The molecule has 1 amide bonds.